The SMILES string of the molecule is CCCOC(=O)c1cc(NC(=O)CN2C(=O)S/C(=C/c3ccc(-c4cc(C)c(C)c([N+](=O)[O-])c4)o3)C2=O)ccc1Cl. The first-order valence-corrected chi connectivity index (χ1v) is 13.6. The highest BCUT2D eigenvalue weighted by molar-refractivity contribution is 8.18. The van der Waals surface area contributed by atoms with Gasteiger partial charge in [-0.15, -0.1) is 0 Å². The van der Waals surface area contributed by atoms with Crippen molar-refractivity contribution in [2.24, 2.45) is 0 Å². The summed E-state index contributed by atoms with van der Waals surface area (Å²) in [5, 5.41) is 13.4. The zero-order chi connectivity index (χ0) is 29.8. The van der Waals surface area contributed by atoms with E-state index in [0.717, 1.165) is 10.5 Å². The Kier molecular flexibility index (Phi) is 8.94. The van der Waals surface area contributed by atoms with Gasteiger partial charge in [-0.1, -0.05) is 18.5 Å². The average molecular weight is 598 g/mol. The number of furan rings is 1. The molecule has 1 N–H and O–H groups in total. The second-order valence-electron chi connectivity index (χ2n) is 9.04. The maximum atomic E-state index is 12.9. The zero-order valence-electron chi connectivity index (χ0n) is 22.2. The minimum atomic E-state index is -0.685. The van der Waals surface area contributed by atoms with Gasteiger partial charge < -0.3 is 14.5 Å². The molecule has 1 aromatic heterocycles. The number of esters is 1. The van der Waals surface area contributed by atoms with E-state index in [-0.39, 0.29) is 39.2 Å². The van der Waals surface area contributed by atoms with Crippen LogP contribution < -0.4 is 5.32 Å². The molecule has 1 aliphatic rings. The van der Waals surface area contributed by atoms with Crippen LogP contribution in [0.5, 0.6) is 0 Å². The van der Waals surface area contributed by atoms with Crippen LogP contribution in [0.3, 0.4) is 0 Å². The molecule has 0 atom stereocenters. The van der Waals surface area contributed by atoms with E-state index in [1.54, 1.807) is 32.0 Å². The van der Waals surface area contributed by atoms with Gasteiger partial charge in [0.1, 0.15) is 18.1 Å². The van der Waals surface area contributed by atoms with Crippen LogP contribution in [0.1, 0.15) is 40.6 Å². The van der Waals surface area contributed by atoms with Gasteiger partial charge in [0.15, 0.2) is 0 Å². The Morgan fingerprint density at radius 3 is 2.63 bits per heavy atom. The highest BCUT2D eigenvalue weighted by Crippen LogP contribution is 2.35. The molecule has 212 valence electrons. The lowest BCUT2D eigenvalue weighted by Gasteiger charge is -2.13. The van der Waals surface area contributed by atoms with Crippen molar-refractivity contribution in [2.45, 2.75) is 27.2 Å². The standard InChI is InChI=1S/C28H24ClN3O8S/c1-4-9-39-27(35)20-12-18(5-7-21(20)29)30-25(33)14-31-26(34)24(41-28(31)36)13-19-6-8-23(40-19)17-10-15(2)16(3)22(11-17)32(37)38/h5-8,10-13H,4,9,14H2,1-3H3,(H,30,33)/b24-13+. The number of anilines is 1. The van der Waals surface area contributed by atoms with Crippen LogP contribution in [0, 0.1) is 24.0 Å². The van der Waals surface area contributed by atoms with E-state index in [4.69, 9.17) is 20.8 Å². The minimum Gasteiger partial charge on any atom is -0.462 e. The topological polar surface area (TPSA) is 149 Å². The molecule has 0 spiro atoms. The number of benzene rings is 2. The third kappa shape index (κ3) is 6.67. The lowest BCUT2D eigenvalue weighted by Crippen LogP contribution is -2.36. The van der Waals surface area contributed by atoms with Crippen LogP contribution in [-0.2, 0) is 14.3 Å². The fraction of sp³-hybridized carbons (Fsp3) is 0.214. The van der Waals surface area contributed by atoms with Crippen molar-refractivity contribution in [3.05, 3.63) is 85.0 Å². The van der Waals surface area contributed by atoms with Gasteiger partial charge in [0.25, 0.3) is 16.8 Å². The maximum Gasteiger partial charge on any atom is 0.339 e. The van der Waals surface area contributed by atoms with E-state index in [0.29, 0.717) is 35.1 Å². The molecule has 11 nitrogen and oxygen atoms in total. The van der Waals surface area contributed by atoms with Gasteiger partial charge in [-0.25, -0.2) is 4.79 Å². The number of nitrogens with one attached hydrogen (secondary N) is 1. The average Bonchev–Trinajstić information content (AvgIpc) is 3.49. The first kappa shape index (κ1) is 29.6. The Bertz CT molecular complexity index is 1610. The van der Waals surface area contributed by atoms with Crippen LogP contribution in [0.4, 0.5) is 16.2 Å². The summed E-state index contributed by atoms with van der Waals surface area (Å²) in [4.78, 5) is 62.1. The van der Waals surface area contributed by atoms with Gasteiger partial charge in [0.2, 0.25) is 5.91 Å². The fourth-order valence-corrected chi connectivity index (χ4v) is 4.91. The number of aryl methyl sites for hydroxylation is 1. The Morgan fingerprint density at radius 1 is 1.17 bits per heavy atom. The Hall–Kier alpha value is -4.42. The highest BCUT2D eigenvalue weighted by Gasteiger charge is 2.36. The number of nitro groups is 1. The summed E-state index contributed by atoms with van der Waals surface area (Å²) in [5.74, 6) is -1.39. The van der Waals surface area contributed by atoms with E-state index in [9.17, 15) is 29.3 Å². The van der Waals surface area contributed by atoms with Crippen LogP contribution in [0.15, 0.2) is 51.8 Å². The molecular weight excluding hydrogens is 574 g/mol. The first-order chi connectivity index (χ1) is 19.5. The van der Waals surface area contributed by atoms with Crippen molar-refractivity contribution in [1.82, 2.24) is 4.90 Å². The molecule has 1 aliphatic heterocycles. The number of hydrogen-bond acceptors (Lipinski definition) is 9. The van der Waals surface area contributed by atoms with Crippen molar-refractivity contribution < 1.29 is 33.3 Å². The zero-order valence-corrected chi connectivity index (χ0v) is 23.8. The molecule has 0 radical (unpaired) electrons. The van der Waals surface area contributed by atoms with Gasteiger partial charge >= 0.3 is 5.97 Å². The van der Waals surface area contributed by atoms with E-state index in [2.05, 4.69) is 5.32 Å². The van der Waals surface area contributed by atoms with Crippen molar-refractivity contribution in [3.63, 3.8) is 0 Å². The predicted molar refractivity (Wildman–Crippen MR) is 154 cm³/mol. The molecule has 0 saturated carbocycles. The third-order valence-electron chi connectivity index (χ3n) is 6.10. The number of ether oxygens (including phenoxy) is 1. The van der Waals surface area contributed by atoms with E-state index in [1.807, 2.05) is 6.92 Å². The summed E-state index contributed by atoms with van der Waals surface area (Å²) in [5.41, 5.74) is 2.03. The quantitative estimate of drug-likeness (QED) is 0.128. The van der Waals surface area contributed by atoms with Gasteiger partial charge in [-0.3, -0.25) is 29.4 Å². The molecule has 2 heterocycles. The lowest BCUT2D eigenvalue weighted by atomic mass is 10.0. The highest BCUT2D eigenvalue weighted by atomic mass is 35.5. The summed E-state index contributed by atoms with van der Waals surface area (Å²) in [6, 6.07) is 10.6. The Balaban J connectivity index is 1.45. The number of nitrogens with zero attached hydrogens (tertiary/aromatic N) is 2. The van der Waals surface area contributed by atoms with Gasteiger partial charge in [-0.05, 0) is 74.0 Å². The first-order valence-electron chi connectivity index (χ1n) is 12.4. The summed E-state index contributed by atoms with van der Waals surface area (Å²) >= 11 is 6.73. The number of hydrogen-bond donors (Lipinski definition) is 1. The summed E-state index contributed by atoms with van der Waals surface area (Å²) in [7, 11) is 0. The molecule has 3 aromatic rings. The molecule has 4 rings (SSSR count). The smallest absolute Gasteiger partial charge is 0.339 e. The number of halogens is 1. The number of nitro benzene ring substituents is 1. The van der Waals surface area contributed by atoms with E-state index >= 15 is 0 Å². The third-order valence-corrected chi connectivity index (χ3v) is 7.34. The molecule has 0 bridgehead atoms. The molecule has 2 aromatic carbocycles. The molecular formula is C28H24ClN3O8S. The molecule has 13 heteroatoms. The van der Waals surface area contributed by atoms with Gasteiger partial charge in [0.05, 0.1) is 27.0 Å². The number of thioether (sulfide) groups is 1. The molecule has 0 aliphatic carbocycles. The van der Waals surface area contributed by atoms with Crippen molar-refractivity contribution >= 4 is 63.8 Å². The van der Waals surface area contributed by atoms with E-state index in [1.165, 1.54) is 30.3 Å². The number of amides is 3. The molecule has 0 unspecified atom stereocenters. The monoisotopic (exact) mass is 597 g/mol. The number of carbonyl (C=O) groups excluding carboxylic acids is 4. The number of imide groups is 1. The Morgan fingerprint density at radius 2 is 1.93 bits per heavy atom. The maximum absolute atomic E-state index is 12.9. The van der Waals surface area contributed by atoms with E-state index < -0.39 is 34.5 Å². The predicted octanol–water partition coefficient (Wildman–Crippen LogP) is 6.37. The minimum absolute atomic E-state index is 0.0383. The number of carbonyl (C=O) groups is 4. The second kappa shape index (κ2) is 12.4. The molecule has 1 saturated heterocycles. The summed E-state index contributed by atoms with van der Waals surface area (Å²) < 4.78 is 10.9. The summed E-state index contributed by atoms with van der Waals surface area (Å²) in [6.45, 7) is 4.93. The lowest BCUT2D eigenvalue weighted by molar-refractivity contribution is -0.385. The van der Waals surface area contributed by atoms with Crippen LogP contribution in [0.25, 0.3) is 17.4 Å². The molecule has 41 heavy (non-hydrogen) atoms. The molecule has 3 amide bonds. The van der Waals surface area contributed by atoms with Crippen molar-refractivity contribution in [1.29, 1.82) is 0 Å². The normalized spacial score (nSPS) is 14.0. The van der Waals surface area contributed by atoms with Gasteiger partial charge in [-0.2, -0.15) is 0 Å². The van der Waals surface area contributed by atoms with Crippen molar-refractivity contribution in [2.75, 3.05) is 18.5 Å². The van der Waals surface area contributed by atoms with Crippen LogP contribution >= 0.6 is 23.4 Å². The molecule has 1 fully saturated rings. The van der Waals surface area contributed by atoms with Crippen molar-refractivity contribution in [3.8, 4) is 11.3 Å². The fourth-order valence-electron chi connectivity index (χ4n) is 3.90. The van der Waals surface area contributed by atoms with Gasteiger partial charge in [0, 0.05) is 29.0 Å². The second-order valence-corrected chi connectivity index (χ2v) is 10.4. The summed E-state index contributed by atoms with van der Waals surface area (Å²) in [6.07, 6.45) is 2.00. The number of rotatable bonds is 9. The van der Waals surface area contributed by atoms with Crippen LogP contribution in [-0.4, -0.2) is 46.0 Å². The Labute approximate surface area is 243 Å². The largest absolute Gasteiger partial charge is 0.462 e. The van der Waals surface area contributed by atoms with Crippen LogP contribution in [0.2, 0.25) is 5.02 Å².